The highest BCUT2D eigenvalue weighted by Gasteiger charge is 2.23. The van der Waals surface area contributed by atoms with E-state index in [0.717, 1.165) is 21.8 Å². The van der Waals surface area contributed by atoms with Gasteiger partial charge in [-0.25, -0.2) is 14.6 Å². The minimum Gasteiger partial charge on any atom is -0.462 e. The molecule has 1 aromatic carbocycles. The minimum absolute atomic E-state index is 0.191. The van der Waals surface area contributed by atoms with Gasteiger partial charge in [-0.05, 0) is 44.9 Å². The second-order valence-corrected chi connectivity index (χ2v) is 10.4. The molecule has 4 rings (SSSR count). The van der Waals surface area contributed by atoms with Crippen molar-refractivity contribution >= 4 is 55.7 Å². The Kier molecular flexibility index (Phi) is 7.84. The molecule has 1 amide bonds. The lowest BCUT2D eigenvalue weighted by Gasteiger charge is -2.08. The lowest BCUT2D eigenvalue weighted by atomic mass is 10.1. The van der Waals surface area contributed by atoms with E-state index in [1.807, 2.05) is 30.3 Å². The third-order valence-electron chi connectivity index (χ3n) is 5.30. The Morgan fingerprint density at radius 3 is 2.51 bits per heavy atom. The summed E-state index contributed by atoms with van der Waals surface area (Å²) < 4.78 is 11.6. The summed E-state index contributed by atoms with van der Waals surface area (Å²) in [5, 5.41) is 3.34. The predicted octanol–water partition coefficient (Wildman–Crippen LogP) is 4.88. The second-order valence-electron chi connectivity index (χ2n) is 8.36. The lowest BCUT2D eigenvalue weighted by Crippen LogP contribution is -2.28. The van der Waals surface area contributed by atoms with Gasteiger partial charge in [0.25, 0.3) is 5.56 Å². The molecule has 0 unspecified atom stereocenters. The number of nitrogens with zero attached hydrogens (tertiary/aromatic N) is 2. The van der Waals surface area contributed by atoms with E-state index in [9.17, 15) is 19.2 Å². The highest BCUT2D eigenvalue weighted by molar-refractivity contribution is 7.20. The van der Waals surface area contributed by atoms with Gasteiger partial charge in [-0.2, -0.15) is 0 Å². The van der Waals surface area contributed by atoms with Gasteiger partial charge >= 0.3 is 11.9 Å². The molecule has 192 valence electrons. The molecule has 3 heterocycles. The van der Waals surface area contributed by atoms with Crippen LogP contribution in [0.3, 0.4) is 0 Å². The molecular weight excluding hydrogens is 514 g/mol. The third kappa shape index (κ3) is 5.62. The van der Waals surface area contributed by atoms with Gasteiger partial charge in [-0.1, -0.05) is 30.3 Å². The van der Waals surface area contributed by atoms with Gasteiger partial charge in [-0.15, -0.1) is 22.7 Å². The molecule has 4 aromatic rings. The minimum atomic E-state index is -0.550. The van der Waals surface area contributed by atoms with Crippen molar-refractivity contribution in [2.24, 2.45) is 0 Å². The Hall–Kier alpha value is -3.83. The Bertz CT molecular complexity index is 1540. The van der Waals surface area contributed by atoms with E-state index in [-0.39, 0.29) is 30.2 Å². The zero-order valence-corrected chi connectivity index (χ0v) is 22.3. The molecule has 0 radical (unpaired) electrons. The van der Waals surface area contributed by atoms with Crippen molar-refractivity contribution in [1.29, 1.82) is 0 Å². The molecule has 37 heavy (non-hydrogen) atoms. The van der Waals surface area contributed by atoms with Crippen molar-refractivity contribution in [3.8, 4) is 10.4 Å². The molecule has 0 aliphatic rings. The van der Waals surface area contributed by atoms with E-state index in [0.29, 0.717) is 20.3 Å². The summed E-state index contributed by atoms with van der Waals surface area (Å²) in [6, 6.07) is 11.1. The summed E-state index contributed by atoms with van der Waals surface area (Å²) in [6.45, 7) is 6.71. The largest absolute Gasteiger partial charge is 0.462 e. The van der Waals surface area contributed by atoms with Crippen molar-refractivity contribution in [2.45, 2.75) is 40.3 Å². The van der Waals surface area contributed by atoms with Crippen molar-refractivity contribution in [3.63, 3.8) is 0 Å². The number of esters is 2. The number of amides is 1. The summed E-state index contributed by atoms with van der Waals surface area (Å²) in [4.78, 5) is 56.8. The molecule has 9 nitrogen and oxygen atoms in total. The van der Waals surface area contributed by atoms with Gasteiger partial charge in [0.15, 0.2) is 0 Å². The standard InChI is InChI=1S/C26H25N3O6S2/c1-5-34-25(32)17-11-18(16-9-7-6-8-10-16)36-22(17)28-19(30)12-29-13-27-23-20(24(29)31)15(4)21(37-23)26(33)35-14(2)3/h6-11,13-14H,5,12H2,1-4H3,(H,28,30). The monoisotopic (exact) mass is 539 g/mol. The number of carbonyl (C=O) groups excluding carboxylic acids is 3. The topological polar surface area (TPSA) is 117 Å². The average Bonchev–Trinajstić information content (AvgIpc) is 3.43. The number of aromatic nitrogens is 2. The average molecular weight is 540 g/mol. The third-order valence-corrected chi connectivity index (χ3v) is 7.58. The number of benzene rings is 1. The first kappa shape index (κ1) is 26.2. The molecule has 3 aromatic heterocycles. The Morgan fingerprint density at radius 2 is 1.84 bits per heavy atom. The van der Waals surface area contributed by atoms with Crippen molar-refractivity contribution in [1.82, 2.24) is 9.55 Å². The summed E-state index contributed by atoms with van der Waals surface area (Å²) in [5.41, 5.74) is 1.15. The maximum Gasteiger partial charge on any atom is 0.348 e. The van der Waals surface area contributed by atoms with E-state index in [2.05, 4.69) is 10.3 Å². The van der Waals surface area contributed by atoms with Gasteiger partial charge in [0.2, 0.25) is 5.91 Å². The zero-order chi connectivity index (χ0) is 26.7. The van der Waals surface area contributed by atoms with Gasteiger partial charge in [-0.3, -0.25) is 14.2 Å². The van der Waals surface area contributed by atoms with Crippen LogP contribution in [0.25, 0.3) is 20.7 Å². The number of aryl methyl sites for hydroxylation is 1. The number of ether oxygens (including phenoxy) is 2. The van der Waals surface area contributed by atoms with Gasteiger partial charge in [0.05, 0.1) is 30.0 Å². The Balaban J connectivity index is 1.61. The molecule has 0 aliphatic carbocycles. The van der Waals surface area contributed by atoms with Crippen molar-refractivity contribution in [2.75, 3.05) is 11.9 Å². The fraction of sp³-hybridized carbons (Fsp3) is 0.269. The molecule has 0 aliphatic heterocycles. The number of fused-ring (bicyclic) bond motifs is 1. The van der Waals surface area contributed by atoms with Crippen LogP contribution in [0.5, 0.6) is 0 Å². The summed E-state index contributed by atoms with van der Waals surface area (Å²) in [7, 11) is 0. The number of hydrogen-bond donors (Lipinski definition) is 1. The Labute approximate surface area is 220 Å². The van der Waals surface area contributed by atoms with E-state index in [4.69, 9.17) is 9.47 Å². The number of anilines is 1. The molecule has 0 bridgehead atoms. The van der Waals surface area contributed by atoms with Crippen LogP contribution in [-0.4, -0.2) is 40.1 Å². The fourth-order valence-electron chi connectivity index (χ4n) is 3.64. The first-order valence-electron chi connectivity index (χ1n) is 11.5. The molecule has 0 saturated heterocycles. The maximum atomic E-state index is 13.2. The predicted molar refractivity (Wildman–Crippen MR) is 144 cm³/mol. The van der Waals surface area contributed by atoms with Crippen LogP contribution in [0.15, 0.2) is 47.5 Å². The van der Waals surface area contributed by atoms with Crippen LogP contribution in [0, 0.1) is 6.92 Å². The summed E-state index contributed by atoms with van der Waals surface area (Å²) in [5.74, 6) is -1.58. The van der Waals surface area contributed by atoms with E-state index in [1.165, 1.54) is 22.2 Å². The molecule has 11 heteroatoms. The molecule has 0 fully saturated rings. The maximum absolute atomic E-state index is 13.2. The smallest absolute Gasteiger partial charge is 0.348 e. The second kappa shape index (κ2) is 11.1. The lowest BCUT2D eigenvalue weighted by molar-refractivity contribution is -0.116. The Morgan fingerprint density at radius 1 is 1.11 bits per heavy atom. The highest BCUT2D eigenvalue weighted by atomic mass is 32.1. The van der Waals surface area contributed by atoms with Gasteiger partial charge in [0, 0.05) is 4.88 Å². The number of rotatable bonds is 8. The van der Waals surface area contributed by atoms with E-state index < -0.39 is 23.4 Å². The molecular formula is C26H25N3O6S2. The molecule has 0 atom stereocenters. The molecule has 0 saturated carbocycles. The van der Waals surface area contributed by atoms with Gasteiger partial charge < -0.3 is 14.8 Å². The number of hydrogen-bond acceptors (Lipinski definition) is 9. The first-order chi connectivity index (χ1) is 17.7. The number of carbonyl (C=O) groups is 3. The fourth-order valence-corrected chi connectivity index (χ4v) is 5.73. The number of thiophene rings is 2. The first-order valence-corrected chi connectivity index (χ1v) is 13.2. The SMILES string of the molecule is CCOC(=O)c1cc(-c2ccccc2)sc1NC(=O)Cn1cnc2sc(C(=O)OC(C)C)c(C)c2c1=O. The number of nitrogens with one attached hydrogen (secondary N) is 1. The van der Waals surface area contributed by atoms with Gasteiger partial charge in [0.1, 0.15) is 21.3 Å². The zero-order valence-electron chi connectivity index (χ0n) is 20.7. The molecule has 0 spiro atoms. The van der Waals surface area contributed by atoms with Crippen molar-refractivity contribution < 1.29 is 23.9 Å². The molecule has 1 N–H and O–H groups in total. The van der Waals surface area contributed by atoms with Crippen molar-refractivity contribution in [3.05, 3.63) is 69.1 Å². The van der Waals surface area contributed by atoms with E-state index in [1.54, 1.807) is 33.8 Å². The normalized spacial score (nSPS) is 11.1. The van der Waals surface area contributed by atoms with Crippen LogP contribution < -0.4 is 10.9 Å². The van der Waals surface area contributed by atoms with Crippen LogP contribution in [-0.2, 0) is 20.8 Å². The van der Waals surface area contributed by atoms with E-state index >= 15 is 0 Å². The van der Waals surface area contributed by atoms with Crippen LogP contribution in [0.4, 0.5) is 5.00 Å². The highest BCUT2D eigenvalue weighted by Crippen LogP contribution is 2.36. The van der Waals surface area contributed by atoms with Crippen LogP contribution in [0.1, 0.15) is 46.4 Å². The van der Waals surface area contributed by atoms with Crippen LogP contribution in [0.2, 0.25) is 0 Å². The quantitative estimate of drug-likeness (QED) is 0.317. The van der Waals surface area contributed by atoms with Crippen LogP contribution >= 0.6 is 22.7 Å². The summed E-state index contributed by atoms with van der Waals surface area (Å²) >= 11 is 2.32. The summed E-state index contributed by atoms with van der Waals surface area (Å²) in [6.07, 6.45) is 0.970.